The SMILES string of the molecule is Cc1cc(Nc2nccc(C(F)(F)F)n2)cc(-c2cnc([C@]3(O)CC[C@]4(CCC(=O)N4)CC3)s2)c1. The van der Waals surface area contributed by atoms with Crippen molar-refractivity contribution < 1.29 is 23.1 Å². The highest BCUT2D eigenvalue weighted by atomic mass is 32.1. The minimum Gasteiger partial charge on any atom is -0.383 e. The Bertz CT molecular complexity index is 1270. The van der Waals surface area contributed by atoms with Crippen molar-refractivity contribution in [1.29, 1.82) is 0 Å². The summed E-state index contributed by atoms with van der Waals surface area (Å²) in [6, 6.07) is 6.36. The summed E-state index contributed by atoms with van der Waals surface area (Å²) in [5.74, 6) is -0.0720. The van der Waals surface area contributed by atoms with E-state index >= 15 is 0 Å². The molecule has 0 bridgehead atoms. The van der Waals surface area contributed by atoms with Gasteiger partial charge >= 0.3 is 6.18 Å². The molecule has 1 aliphatic carbocycles. The van der Waals surface area contributed by atoms with Gasteiger partial charge in [-0.15, -0.1) is 11.3 Å². The third kappa shape index (κ3) is 4.87. The highest BCUT2D eigenvalue weighted by molar-refractivity contribution is 7.15. The standard InChI is InChI=1S/C24H24F3N5O2S/c1-14-10-15(12-16(11-14)30-21-28-9-3-18(31-21)24(25,26)27)17-13-29-20(35-17)23(34)7-5-22(6-8-23)4-2-19(33)32-22/h3,9-13,34H,2,4-8H2,1H3,(H,32,33)(H,28,30,31)/t22-,23+. The normalized spacial score (nSPS) is 24.5. The Morgan fingerprint density at radius 3 is 2.57 bits per heavy atom. The number of carbonyl (C=O) groups is 1. The molecule has 1 spiro atoms. The summed E-state index contributed by atoms with van der Waals surface area (Å²) in [7, 11) is 0. The second-order valence-corrected chi connectivity index (χ2v) is 10.4. The zero-order valence-electron chi connectivity index (χ0n) is 18.9. The molecular formula is C24H24F3N5O2S. The lowest BCUT2D eigenvalue weighted by molar-refractivity contribution is -0.141. The fourth-order valence-corrected chi connectivity index (χ4v) is 5.88. The van der Waals surface area contributed by atoms with E-state index < -0.39 is 17.5 Å². The van der Waals surface area contributed by atoms with E-state index in [2.05, 4.69) is 25.6 Å². The van der Waals surface area contributed by atoms with Gasteiger partial charge in [-0.05, 0) is 68.4 Å². The molecule has 0 unspecified atom stereocenters. The van der Waals surface area contributed by atoms with Gasteiger partial charge in [-0.1, -0.05) is 6.07 Å². The van der Waals surface area contributed by atoms with Gasteiger partial charge < -0.3 is 15.7 Å². The van der Waals surface area contributed by atoms with Gasteiger partial charge in [-0.25, -0.2) is 15.0 Å². The van der Waals surface area contributed by atoms with Crippen LogP contribution < -0.4 is 10.6 Å². The number of hydrogen-bond acceptors (Lipinski definition) is 7. The van der Waals surface area contributed by atoms with Crippen molar-refractivity contribution >= 4 is 28.9 Å². The summed E-state index contributed by atoms with van der Waals surface area (Å²) in [6.45, 7) is 1.88. The topological polar surface area (TPSA) is 100 Å². The average Bonchev–Trinajstić information content (AvgIpc) is 3.44. The predicted molar refractivity (Wildman–Crippen MR) is 125 cm³/mol. The molecule has 11 heteroatoms. The van der Waals surface area contributed by atoms with Gasteiger partial charge in [0.2, 0.25) is 11.9 Å². The largest absolute Gasteiger partial charge is 0.433 e. The zero-order valence-corrected chi connectivity index (χ0v) is 19.8. The van der Waals surface area contributed by atoms with Crippen molar-refractivity contribution in [2.75, 3.05) is 5.32 Å². The van der Waals surface area contributed by atoms with E-state index in [1.54, 1.807) is 18.3 Å². The number of anilines is 2. The summed E-state index contributed by atoms with van der Waals surface area (Å²) in [5.41, 5.74) is -0.00632. The van der Waals surface area contributed by atoms with E-state index in [9.17, 15) is 23.1 Å². The lowest BCUT2D eigenvalue weighted by Gasteiger charge is -2.41. The van der Waals surface area contributed by atoms with Crippen LogP contribution in [0.3, 0.4) is 0 Å². The van der Waals surface area contributed by atoms with Crippen molar-refractivity contribution in [2.24, 2.45) is 0 Å². The lowest BCUT2D eigenvalue weighted by Crippen LogP contribution is -2.48. The van der Waals surface area contributed by atoms with Crippen LogP contribution in [-0.2, 0) is 16.6 Å². The Hall–Kier alpha value is -3.05. The fourth-order valence-electron chi connectivity index (χ4n) is 4.83. The number of aryl methyl sites for hydroxylation is 1. The second-order valence-electron chi connectivity index (χ2n) is 9.37. The van der Waals surface area contributed by atoms with E-state index in [0.717, 1.165) is 34.7 Å². The molecule has 0 radical (unpaired) electrons. The Kier molecular flexibility index (Phi) is 5.79. The summed E-state index contributed by atoms with van der Waals surface area (Å²) in [6.07, 6.45) is 2.02. The number of benzene rings is 1. The van der Waals surface area contributed by atoms with E-state index in [-0.39, 0.29) is 17.4 Å². The first-order chi connectivity index (χ1) is 16.5. The molecule has 1 aromatic carbocycles. The van der Waals surface area contributed by atoms with Gasteiger partial charge in [0, 0.05) is 30.0 Å². The van der Waals surface area contributed by atoms with Gasteiger partial charge in [-0.2, -0.15) is 13.2 Å². The molecule has 2 aromatic heterocycles. The minimum atomic E-state index is -4.56. The van der Waals surface area contributed by atoms with Crippen LogP contribution in [0.4, 0.5) is 24.8 Å². The summed E-state index contributed by atoms with van der Waals surface area (Å²) < 4.78 is 39.0. The van der Waals surface area contributed by atoms with Crippen molar-refractivity contribution in [3.63, 3.8) is 0 Å². The van der Waals surface area contributed by atoms with Crippen LogP contribution in [0.15, 0.2) is 36.7 Å². The number of amides is 1. The van der Waals surface area contributed by atoms with Crippen LogP contribution in [0, 0.1) is 6.92 Å². The molecule has 0 atom stereocenters. The Labute approximate surface area is 203 Å². The maximum Gasteiger partial charge on any atom is 0.433 e. The van der Waals surface area contributed by atoms with E-state index in [1.165, 1.54) is 11.3 Å². The molecule has 1 aliphatic heterocycles. The van der Waals surface area contributed by atoms with E-state index in [4.69, 9.17) is 0 Å². The van der Waals surface area contributed by atoms with E-state index in [1.807, 2.05) is 13.0 Å². The number of thiazole rings is 1. The van der Waals surface area contributed by atoms with Crippen LogP contribution in [0.5, 0.6) is 0 Å². The number of nitrogens with one attached hydrogen (secondary N) is 2. The van der Waals surface area contributed by atoms with Crippen molar-refractivity contribution in [1.82, 2.24) is 20.3 Å². The minimum absolute atomic E-state index is 0.0753. The number of nitrogens with zero attached hydrogens (tertiary/aromatic N) is 3. The first-order valence-corrected chi connectivity index (χ1v) is 12.1. The number of alkyl halides is 3. The highest BCUT2D eigenvalue weighted by Crippen LogP contribution is 2.46. The molecule has 7 nitrogen and oxygen atoms in total. The van der Waals surface area contributed by atoms with Crippen LogP contribution in [0.1, 0.15) is 54.8 Å². The summed E-state index contributed by atoms with van der Waals surface area (Å²) >= 11 is 1.40. The summed E-state index contributed by atoms with van der Waals surface area (Å²) in [5, 5.41) is 17.9. The second kappa shape index (κ2) is 8.56. The quantitative estimate of drug-likeness (QED) is 0.459. The Balaban J connectivity index is 1.35. The lowest BCUT2D eigenvalue weighted by atomic mass is 9.73. The maximum atomic E-state index is 13.0. The third-order valence-electron chi connectivity index (χ3n) is 6.74. The number of aliphatic hydroxyl groups is 1. The number of carbonyl (C=O) groups excluding carboxylic acids is 1. The van der Waals surface area contributed by atoms with Crippen LogP contribution in [0.2, 0.25) is 0 Å². The van der Waals surface area contributed by atoms with E-state index in [0.29, 0.717) is 42.8 Å². The smallest absolute Gasteiger partial charge is 0.383 e. The van der Waals surface area contributed by atoms with Gasteiger partial charge in [0.05, 0.1) is 4.88 Å². The summed E-state index contributed by atoms with van der Waals surface area (Å²) in [4.78, 5) is 24.5. The van der Waals surface area contributed by atoms with Crippen LogP contribution >= 0.6 is 11.3 Å². The monoisotopic (exact) mass is 503 g/mol. The molecule has 1 saturated carbocycles. The molecule has 3 heterocycles. The first kappa shape index (κ1) is 23.7. The highest BCUT2D eigenvalue weighted by Gasteiger charge is 2.47. The molecule has 3 aromatic rings. The van der Waals surface area contributed by atoms with Gasteiger partial charge in [0.15, 0.2) is 0 Å². The molecule has 5 rings (SSSR count). The van der Waals surface area contributed by atoms with Crippen LogP contribution in [-0.4, -0.2) is 31.5 Å². The molecule has 2 fully saturated rings. The van der Waals surface area contributed by atoms with Gasteiger partial charge in [0.1, 0.15) is 16.3 Å². The average molecular weight is 504 g/mol. The first-order valence-electron chi connectivity index (χ1n) is 11.3. The Morgan fingerprint density at radius 1 is 1.11 bits per heavy atom. The number of hydrogen-bond donors (Lipinski definition) is 3. The zero-order chi connectivity index (χ0) is 24.8. The van der Waals surface area contributed by atoms with Crippen LogP contribution in [0.25, 0.3) is 10.4 Å². The van der Waals surface area contributed by atoms with Crippen molar-refractivity contribution in [3.05, 3.63) is 52.9 Å². The molecule has 35 heavy (non-hydrogen) atoms. The molecule has 1 amide bonds. The van der Waals surface area contributed by atoms with Crippen molar-refractivity contribution in [3.8, 4) is 10.4 Å². The number of aromatic nitrogens is 3. The molecule has 2 aliphatic rings. The molecular weight excluding hydrogens is 479 g/mol. The molecule has 184 valence electrons. The Morgan fingerprint density at radius 2 is 1.89 bits per heavy atom. The number of halogens is 3. The fraction of sp³-hybridized carbons (Fsp3) is 0.417. The predicted octanol–water partition coefficient (Wildman–Crippen LogP) is 5.08. The van der Waals surface area contributed by atoms with Crippen molar-refractivity contribution in [2.45, 2.75) is 62.8 Å². The van der Waals surface area contributed by atoms with Gasteiger partial charge in [-0.3, -0.25) is 4.79 Å². The maximum absolute atomic E-state index is 13.0. The van der Waals surface area contributed by atoms with Gasteiger partial charge in [0.25, 0.3) is 0 Å². The third-order valence-corrected chi connectivity index (χ3v) is 7.98. The molecule has 3 N–H and O–H groups in total. The number of rotatable bonds is 4. The molecule has 1 saturated heterocycles.